The van der Waals surface area contributed by atoms with Gasteiger partial charge in [-0.1, -0.05) is 48.5 Å². The second kappa shape index (κ2) is 6.32. The van der Waals surface area contributed by atoms with Gasteiger partial charge in [0.25, 0.3) is 5.91 Å². The van der Waals surface area contributed by atoms with Crippen LogP contribution in [0.3, 0.4) is 0 Å². The Morgan fingerprint density at radius 2 is 1.37 bits per heavy atom. The molecule has 27 heavy (non-hydrogen) atoms. The number of nitrogens with zero attached hydrogens (tertiary/aromatic N) is 1. The molecule has 134 valence electrons. The lowest BCUT2D eigenvalue weighted by Gasteiger charge is -2.40. The van der Waals surface area contributed by atoms with Crippen LogP contribution in [-0.4, -0.2) is 27.6 Å². The summed E-state index contributed by atoms with van der Waals surface area (Å²) in [7, 11) is 0. The number of aromatic hydroxyl groups is 2. The van der Waals surface area contributed by atoms with Gasteiger partial charge in [0.1, 0.15) is 17.0 Å². The molecule has 0 spiro atoms. The van der Waals surface area contributed by atoms with Gasteiger partial charge >= 0.3 is 0 Å². The summed E-state index contributed by atoms with van der Waals surface area (Å²) in [5.74, 6) is 0.242. The highest BCUT2D eigenvalue weighted by Gasteiger charge is 2.51. The fourth-order valence-corrected chi connectivity index (χ4v) is 3.97. The van der Waals surface area contributed by atoms with Crippen LogP contribution in [0.4, 0.5) is 0 Å². The normalized spacial score (nSPS) is 14.8. The summed E-state index contributed by atoms with van der Waals surface area (Å²) in [6, 6.07) is 21.3. The molecule has 0 fully saturated rings. The van der Waals surface area contributed by atoms with Crippen molar-refractivity contribution in [3.63, 3.8) is 0 Å². The van der Waals surface area contributed by atoms with Crippen LogP contribution in [0, 0.1) is 0 Å². The van der Waals surface area contributed by atoms with Gasteiger partial charge in [-0.25, -0.2) is 0 Å². The van der Waals surface area contributed by atoms with Gasteiger partial charge in [-0.15, -0.1) is 6.58 Å². The molecule has 0 radical (unpaired) electrons. The summed E-state index contributed by atoms with van der Waals surface area (Å²) in [5.41, 5.74) is 2.34. The third-order valence-corrected chi connectivity index (χ3v) is 5.08. The summed E-state index contributed by atoms with van der Waals surface area (Å²) in [4.78, 5) is 15.0. The zero-order valence-electron chi connectivity index (χ0n) is 14.7. The van der Waals surface area contributed by atoms with E-state index in [0.717, 1.165) is 16.7 Å². The average Bonchev–Trinajstić information content (AvgIpc) is 2.93. The summed E-state index contributed by atoms with van der Waals surface area (Å²) in [6.45, 7) is 4.19. The maximum Gasteiger partial charge on any atom is 0.255 e. The fourth-order valence-electron chi connectivity index (χ4n) is 3.97. The average molecular weight is 357 g/mol. The first-order chi connectivity index (χ1) is 13.1. The SMILES string of the molecule is C=CCN1C(=O)c2ccccc2C1(c1ccc(O)cc1)c1ccc(O)cc1. The molecule has 1 aliphatic rings. The Hall–Kier alpha value is -3.53. The Balaban J connectivity index is 2.10. The van der Waals surface area contributed by atoms with E-state index >= 15 is 0 Å². The van der Waals surface area contributed by atoms with Crippen molar-refractivity contribution in [3.8, 4) is 11.5 Å². The van der Waals surface area contributed by atoms with Crippen molar-refractivity contribution in [1.29, 1.82) is 0 Å². The lowest BCUT2D eigenvalue weighted by atomic mass is 9.77. The minimum absolute atomic E-state index is 0.0772. The lowest BCUT2D eigenvalue weighted by molar-refractivity contribution is 0.0705. The van der Waals surface area contributed by atoms with Crippen LogP contribution < -0.4 is 0 Å². The number of phenolic OH excluding ortho intramolecular Hbond substituents is 2. The predicted molar refractivity (Wildman–Crippen MR) is 104 cm³/mol. The second-order valence-electron chi connectivity index (χ2n) is 6.55. The van der Waals surface area contributed by atoms with E-state index in [9.17, 15) is 15.0 Å². The zero-order valence-corrected chi connectivity index (χ0v) is 14.7. The van der Waals surface area contributed by atoms with Crippen molar-refractivity contribution >= 4 is 5.91 Å². The van der Waals surface area contributed by atoms with Crippen LogP contribution >= 0.6 is 0 Å². The van der Waals surface area contributed by atoms with Crippen LogP contribution in [0.15, 0.2) is 85.5 Å². The summed E-state index contributed by atoms with van der Waals surface area (Å²) in [6.07, 6.45) is 1.71. The van der Waals surface area contributed by atoms with Crippen molar-refractivity contribution in [2.75, 3.05) is 6.54 Å². The summed E-state index contributed by atoms with van der Waals surface area (Å²) < 4.78 is 0. The molecule has 0 saturated heterocycles. The molecule has 1 aliphatic heterocycles. The topological polar surface area (TPSA) is 60.8 Å². The molecule has 0 aromatic heterocycles. The molecular weight excluding hydrogens is 338 g/mol. The molecule has 0 bridgehead atoms. The molecule has 3 aromatic carbocycles. The van der Waals surface area contributed by atoms with E-state index in [1.54, 1.807) is 35.2 Å². The first-order valence-electron chi connectivity index (χ1n) is 8.70. The van der Waals surface area contributed by atoms with E-state index in [4.69, 9.17) is 0 Å². The highest BCUT2D eigenvalue weighted by molar-refractivity contribution is 6.01. The molecule has 0 unspecified atom stereocenters. The minimum atomic E-state index is -0.872. The first-order valence-corrected chi connectivity index (χ1v) is 8.70. The van der Waals surface area contributed by atoms with Gasteiger partial charge in [-0.05, 0) is 47.0 Å². The van der Waals surface area contributed by atoms with E-state index in [-0.39, 0.29) is 17.4 Å². The number of fused-ring (bicyclic) bond motifs is 1. The third kappa shape index (κ3) is 2.41. The molecule has 0 aliphatic carbocycles. The van der Waals surface area contributed by atoms with E-state index in [1.165, 1.54) is 0 Å². The molecule has 4 heteroatoms. The zero-order chi connectivity index (χ0) is 19.0. The number of carbonyl (C=O) groups is 1. The smallest absolute Gasteiger partial charge is 0.255 e. The van der Waals surface area contributed by atoms with E-state index in [2.05, 4.69) is 6.58 Å². The molecule has 0 saturated carbocycles. The highest BCUT2D eigenvalue weighted by atomic mass is 16.3. The second-order valence-corrected chi connectivity index (χ2v) is 6.55. The van der Waals surface area contributed by atoms with E-state index in [1.807, 2.05) is 48.5 Å². The quantitative estimate of drug-likeness (QED) is 0.693. The molecule has 1 heterocycles. The van der Waals surface area contributed by atoms with E-state index in [0.29, 0.717) is 12.1 Å². The molecule has 4 rings (SSSR count). The maximum absolute atomic E-state index is 13.3. The van der Waals surface area contributed by atoms with Crippen LogP contribution in [0.5, 0.6) is 11.5 Å². The minimum Gasteiger partial charge on any atom is -0.508 e. The van der Waals surface area contributed by atoms with Gasteiger partial charge in [-0.2, -0.15) is 0 Å². The number of amides is 1. The summed E-state index contributed by atoms with van der Waals surface area (Å²) >= 11 is 0. The number of hydrogen-bond donors (Lipinski definition) is 2. The van der Waals surface area contributed by atoms with Crippen molar-refractivity contribution in [2.24, 2.45) is 0 Å². The van der Waals surface area contributed by atoms with Crippen LogP contribution in [0.25, 0.3) is 0 Å². The maximum atomic E-state index is 13.3. The number of carbonyl (C=O) groups excluding carboxylic acids is 1. The Labute approximate surface area is 157 Å². The highest BCUT2D eigenvalue weighted by Crippen LogP contribution is 2.49. The number of benzene rings is 3. The molecule has 2 N–H and O–H groups in total. The van der Waals surface area contributed by atoms with Gasteiger partial charge in [0, 0.05) is 12.1 Å². The van der Waals surface area contributed by atoms with Gasteiger partial charge in [-0.3, -0.25) is 4.79 Å². The standard InChI is InChI=1S/C23H19NO3/c1-2-15-24-22(27)20-5-3-4-6-21(20)23(24,16-7-11-18(25)12-8-16)17-9-13-19(26)14-10-17/h2-14,25-26H,1,15H2. The molecular formula is C23H19NO3. The van der Waals surface area contributed by atoms with Crippen LogP contribution in [0.1, 0.15) is 27.0 Å². The first kappa shape index (κ1) is 16.9. The van der Waals surface area contributed by atoms with Crippen molar-refractivity contribution in [3.05, 3.63) is 108 Å². The molecule has 1 amide bonds. The van der Waals surface area contributed by atoms with Crippen LogP contribution in [0.2, 0.25) is 0 Å². The van der Waals surface area contributed by atoms with E-state index < -0.39 is 5.54 Å². The number of rotatable bonds is 4. The summed E-state index contributed by atoms with van der Waals surface area (Å²) in [5, 5.41) is 19.6. The molecule has 3 aromatic rings. The van der Waals surface area contributed by atoms with Gasteiger partial charge < -0.3 is 15.1 Å². The Kier molecular flexibility index (Phi) is 3.96. The fraction of sp³-hybridized carbons (Fsp3) is 0.0870. The van der Waals surface area contributed by atoms with Gasteiger partial charge in [0.05, 0.1) is 0 Å². The number of phenols is 2. The van der Waals surface area contributed by atoms with Crippen molar-refractivity contribution < 1.29 is 15.0 Å². The number of hydrogen-bond acceptors (Lipinski definition) is 3. The Morgan fingerprint density at radius 3 is 1.89 bits per heavy atom. The van der Waals surface area contributed by atoms with Crippen molar-refractivity contribution in [1.82, 2.24) is 4.90 Å². The van der Waals surface area contributed by atoms with Crippen molar-refractivity contribution in [2.45, 2.75) is 5.54 Å². The van der Waals surface area contributed by atoms with Crippen LogP contribution in [-0.2, 0) is 5.54 Å². The largest absolute Gasteiger partial charge is 0.508 e. The Morgan fingerprint density at radius 1 is 0.852 bits per heavy atom. The van der Waals surface area contributed by atoms with Gasteiger partial charge in [0.2, 0.25) is 0 Å². The molecule has 4 nitrogen and oxygen atoms in total. The Bertz CT molecular complexity index is 961. The predicted octanol–water partition coefficient (Wildman–Crippen LogP) is 4.03. The monoisotopic (exact) mass is 357 g/mol. The third-order valence-electron chi connectivity index (χ3n) is 5.08. The van der Waals surface area contributed by atoms with Gasteiger partial charge in [0.15, 0.2) is 0 Å². The molecule has 0 atom stereocenters. The lowest BCUT2D eigenvalue weighted by Crippen LogP contribution is -2.45.